The zero-order chi connectivity index (χ0) is 12.5. The molecule has 1 N–H and O–H groups in total. The molecule has 5 heteroatoms. The molecule has 0 spiro atoms. The van der Waals surface area contributed by atoms with Crippen molar-refractivity contribution in [1.82, 2.24) is 0 Å². The van der Waals surface area contributed by atoms with E-state index in [1.54, 1.807) is 13.0 Å². The van der Waals surface area contributed by atoms with Gasteiger partial charge in [-0.05, 0) is 26.3 Å². The molecule has 0 aromatic heterocycles. The molecule has 0 amide bonds. The monoisotopic (exact) mass is 223 g/mol. The molecule has 1 rings (SSSR count). The Morgan fingerprint density at radius 1 is 1.44 bits per heavy atom. The molecule has 0 aliphatic heterocycles. The van der Waals surface area contributed by atoms with Gasteiger partial charge in [0.05, 0.1) is 10.3 Å². The van der Waals surface area contributed by atoms with Gasteiger partial charge in [0.2, 0.25) is 0 Å². The van der Waals surface area contributed by atoms with Crippen molar-refractivity contribution in [3.05, 3.63) is 39.4 Å². The van der Waals surface area contributed by atoms with Crippen LogP contribution in [0.5, 0.6) is 0 Å². The fraction of sp³-hybridized carbons (Fsp3) is 0.364. The molecule has 0 aliphatic rings. The fourth-order valence-corrected chi connectivity index (χ4v) is 1.61. The molecule has 16 heavy (non-hydrogen) atoms. The molecule has 0 fully saturated rings. The summed E-state index contributed by atoms with van der Waals surface area (Å²) in [5, 5.41) is 19.8. The van der Waals surface area contributed by atoms with Crippen LogP contribution in [0.2, 0.25) is 0 Å². The molecule has 0 heterocycles. The summed E-state index contributed by atoms with van der Waals surface area (Å²) >= 11 is 0. The van der Waals surface area contributed by atoms with Crippen molar-refractivity contribution in [3.63, 3.8) is 0 Å². The van der Waals surface area contributed by atoms with Gasteiger partial charge in [0.25, 0.3) is 5.69 Å². The second-order valence-corrected chi connectivity index (χ2v) is 4.14. The van der Waals surface area contributed by atoms with Gasteiger partial charge >= 0.3 is 5.97 Å². The Hall–Kier alpha value is -1.91. The maximum atomic E-state index is 11.1. The highest BCUT2D eigenvalue weighted by Crippen LogP contribution is 2.31. The van der Waals surface area contributed by atoms with Crippen molar-refractivity contribution >= 4 is 11.7 Å². The third kappa shape index (κ3) is 1.88. The van der Waals surface area contributed by atoms with Gasteiger partial charge in [-0.25, -0.2) is 0 Å². The zero-order valence-electron chi connectivity index (χ0n) is 9.35. The van der Waals surface area contributed by atoms with Gasteiger partial charge < -0.3 is 5.11 Å². The Bertz CT molecular complexity index is 451. The lowest BCUT2D eigenvalue weighted by Crippen LogP contribution is -2.29. The summed E-state index contributed by atoms with van der Waals surface area (Å²) in [7, 11) is 0. The number of carboxylic acid groups (broad SMARTS) is 1. The van der Waals surface area contributed by atoms with Gasteiger partial charge in [-0.3, -0.25) is 14.9 Å². The van der Waals surface area contributed by atoms with Crippen LogP contribution < -0.4 is 0 Å². The van der Waals surface area contributed by atoms with E-state index >= 15 is 0 Å². The highest BCUT2D eigenvalue weighted by molar-refractivity contribution is 5.81. The number of aliphatic carboxylic acids is 1. The summed E-state index contributed by atoms with van der Waals surface area (Å²) in [5.74, 6) is -1.00. The molecular formula is C11H13NO4. The van der Waals surface area contributed by atoms with E-state index in [4.69, 9.17) is 5.11 Å². The first-order valence-corrected chi connectivity index (χ1v) is 4.76. The molecule has 86 valence electrons. The Morgan fingerprint density at radius 3 is 2.44 bits per heavy atom. The van der Waals surface area contributed by atoms with E-state index in [9.17, 15) is 14.9 Å². The molecule has 0 atom stereocenters. The van der Waals surface area contributed by atoms with Crippen LogP contribution in [-0.4, -0.2) is 16.0 Å². The predicted octanol–water partition coefficient (Wildman–Crippen LogP) is 2.27. The van der Waals surface area contributed by atoms with E-state index in [-0.39, 0.29) is 5.69 Å². The average molecular weight is 223 g/mol. The van der Waals surface area contributed by atoms with Crippen molar-refractivity contribution in [3.8, 4) is 0 Å². The Kier molecular flexibility index (Phi) is 2.98. The SMILES string of the molecule is Cc1c([N+](=O)[O-])cccc1C(C)(C)C(=O)O. The molecule has 0 saturated carbocycles. The number of carbonyl (C=O) groups is 1. The number of nitrogens with zero attached hydrogens (tertiary/aromatic N) is 1. The van der Waals surface area contributed by atoms with E-state index in [0.717, 1.165) is 0 Å². The van der Waals surface area contributed by atoms with Crippen molar-refractivity contribution in [2.75, 3.05) is 0 Å². The lowest BCUT2D eigenvalue weighted by Gasteiger charge is -2.21. The summed E-state index contributed by atoms with van der Waals surface area (Å²) in [4.78, 5) is 21.3. The van der Waals surface area contributed by atoms with Crippen LogP contribution >= 0.6 is 0 Å². The van der Waals surface area contributed by atoms with E-state index in [1.165, 1.54) is 26.0 Å². The van der Waals surface area contributed by atoms with Gasteiger partial charge in [-0.2, -0.15) is 0 Å². The minimum atomic E-state index is -1.13. The van der Waals surface area contributed by atoms with Crippen LogP contribution in [0.1, 0.15) is 25.0 Å². The second kappa shape index (κ2) is 3.92. The van der Waals surface area contributed by atoms with Crippen molar-refractivity contribution in [1.29, 1.82) is 0 Å². The molecule has 0 aliphatic carbocycles. The minimum Gasteiger partial charge on any atom is -0.481 e. The summed E-state index contributed by atoms with van der Waals surface area (Å²) in [6.07, 6.45) is 0. The molecule has 1 aromatic carbocycles. The number of nitro groups is 1. The van der Waals surface area contributed by atoms with Crippen LogP contribution in [0.25, 0.3) is 0 Å². The Morgan fingerprint density at radius 2 is 2.00 bits per heavy atom. The van der Waals surface area contributed by atoms with Crippen LogP contribution in [0, 0.1) is 17.0 Å². The largest absolute Gasteiger partial charge is 0.481 e. The van der Waals surface area contributed by atoms with Gasteiger partial charge in [0.1, 0.15) is 0 Å². The van der Waals surface area contributed by atoms with E-state index in [1.807, 2.05) is 0 Å². The van der Waals surface area contributed by atoms with Gasteiger partial charge in [-0.15, -0.1) is 0 Å². The molecule has 0 bridgehead atoms. The zero-order valence-corrected chi connectivity index (χ0v) is 9.35. The molecule has 1 aromatic rings. The van der Waals surface area contributed by atoms with E-state index in [0.29, 0.717) is 11.1 Å². The van der Waals surface area contributed by atoms with Crippen LogP contribution in [0.15, 0.2) is 18.2 Å². The molecule has 0 saturated heterocycles. The van der Waals surface area contributed by atoms with Gasteiger partial charge in [0.15, 0.2) is 0 Å². The Labute approximate surface area is 92.9 Å². The van der Waals surface area contributed by atoms with Gasteiger partial charge in [0, 0.05) is 11.6 Å². The lowest BCUT2D eigenvalue weighted by molar-refractivity contribution is -0.385. The molecule has 0 radical (unpaired) electrons. The normalized spacial score (nSPS) is 11.2. The number of nitro benzene ring substituents is 1. The summed E-state index contributed by atoms with van der Waals surface area (Å²) < 4.78 is 0. The maximum Gasteiger partial charge on any atom is 0.313 e. The average Bonchev–Trinajstić information content (AvgIpc) is 2.16. The standard InChI is InChI=1S/C11H13NO4/c1-7-8(11(2,3)10(13)14)5-4-6-9(7)12(15)16/h4-6H,1-3H3,(H,13,14). The van der Waals surface area contributed by atoms with Gasteiger partial charge in [-0.1, -0.05) is 12.1 Å². The quantitative estimate of drug-likeness (QED) is 0.629. The summed E-state index contributed by atoms with van der Waals surface area (Å²) in [5.41, 5.74) is -0.309. The highest BCUT2D eigenvalue weighted by atomic mass is 16.6. The number of benzene rings is 1. The van der Waals surface area contributed by atoms with Crippen molar-refractivity contribution < 1.29 is 14.8 Å². The first-order chi connectivity index (χ1) is 7.28. The molecule has 5 nitrogen and oxygen atoms in total. The van der Waals surface area contributed by atoms with Crippen LogP contribution in [0.3, 0.4) is 0 Å². The smallest absolute Gasteiger partial charge is 0.313 e. The van der Waals surface area contributed by atoms with Crippen LogP contribution in [0.4, 0.5) is 5.69 Å². The molecule has 0 unspecified atom stereocenters. The number of carboxylic acids is 1. The van der Waals surface area contributed by atoms with Crippen molar-refractivity contribution in [2.24, 2.45) is 0 Å². The van der Waals surface area contributed by atoms with Crippen molar-refractivity contribution in [2.45, 2.75) is 26.2 Å². The predicted molar refractivity (Wildman–Crippen MR) is 58.5 cm³/mol. The summed E-state index contributed by atoms with van der Waals surface area (Å²) in [6, 6.07) is 4.48. The minimum absolute atomic E-state index is 0.0492. The first-order valence-electron chi connectivity index (χ1n) is 4.76. The first kappa shape index (κ1) is 12.2. The maximum absolute atomic E-state index is 11.1. The molecular weight excluding hydrogens is 210 g/mol. The number of hydrogen-bond donors (Lipinski definition) is 1. The fourth-order valence-electron chi connectivity index (χ4n) is 1.61. The number of rotatable bonds is 3. The third-order valence-electron chi connectivity index (χ3n) is 2.71. The summed E-state index contributed by atoms with van der Waals surface area (Å²) in [6.45, 7) is 4.63. The number of hydrogen-bond acceptors (Lipinski definition) is 3. The topological polar surface area (TPSA) is 80.4 Å². The van der Waals surface area contributed by atoms with E-state index < -0.39 is 16.3 Å². The highest BCUT2D eigenvalue weighted by Gasteiger charge is 2.32. The van der Waals surface area contributed by atoms with Crippen LogP contribution in [-0.2, 0) is 10.2 Å². The second-order valence-electron chi connectivity index (χ2n) is 4.14. The Balaban J connectivity index is 3.42. The lowest BCUT2D eigenvalue weighted by atomic mass is 9.82. The third-order valence-corrected chi connectivity index (χ3v) is 2.71. The van der Waals surface area contributed by atoms with E-state index in [2.05, 4.69) is 0 Å².